The smallest absolute Gasteiger partial charge is 0.256 e. The molecule has 170 valence electrons. The lowest BCUT2D eigenvalue weighted by Gasteiger charge is -2.19. The first kappa shape index (κ1) is 23.8. The number of nitrogens with zero attached hydrogens (tertiary/aromatic N) is 4. The summed E-state index contributed by atoms with van der Waals surface area (Å²) in [6, 6.07) is 14.5. The molecule has 0 bridgehead atoms. The average Bonchev–Trinajstić information content (AvgIpc) is 3.17. The summed E-state index contributed by atoms with van der Waals surface area (Å²) in [4.78, 5) is 19.1. The minimum Gasteiger partial charge on any atom is -0.370 e. The SMILES string of the molecule is CN(CCCNc1cc(-c2ccccc2Cl)nc2c(Br)cnn12)C(=O)c1c(Cl)cccc1Cl. The van der Waals surface area contributed by atoms with Gasteiger partial charge in [0.15, 0.2) is 5.65 Å². The number of aromatic nitrogens is 3. The van der Waals surface area contributed by atoms with Crippen LogP contribution in [0.15, 0.2) is 59.2 Å². The first-order chi connectivity index (χ1) is 15.9. The van der Waals surface area contributed by atoms with Gasteiger partial charge in [-0.2, -0.15) is 9.61 Å². The number of nitrogens with one attached hydrogen (secondary N) is 1. The number of carbonyl (C=O) groups excluding carboxylic acids is 1. The Kier molecular flexibility index (Phi) is 7.44. The molecule has 10 heteroatoms. The van der Waals surface area contributed by atoms with Gasteiger partial charge in [0.05, 0.1) is 32.0 Å². The van der Waals surface area contributed by atoms with Crippen LogP contribution in [0.2, 0.25) is 15.1 Å². The van der Waals surface area contributed by atoms with Crippen LogP contribution in [0.3, 0.4) is 0 Å². The molecular weight excluding hydrogens is 549 g/mol. The zero-order chi connectivity index (χ0) is 23.5. The van der Waals surface area contributed by atoms with Crippen molar-refractivity contribution >= 4 is 68.1 Å². The standard InChI is InChI=1S/C23H19BrCl3N5O/c1-31(23(33)21-17(26)8-4-9-18(21)27)11-5-10-28-20-12-19(14-6-2-3-7-16(14)25)30-22-15(24)13-29-32(20)22/h2-4,6-9,12-13,28H,5,10-11H2,1H3. The Morgan fingerprint density at radius 2 is 1.79 bits per heavy atom. The number of hydrogen-bond acceptors (Lipinski definition) is 4. The van der Waals surface area contributed by atoms with E-state index in [4.69, 9.17) is 39.8 Å². The molecule has 0 saturated carbocycles. The lowest BCUT2D eigenvalue weighted by molar-refractivity contribution is 0.0795. The van der Waals surface area contributed by atoms with E-state index in [1.165, 1.54) is 0 Å². The summed E-state index contributed by atoms with van der Waals surface area (Å²) in [5.74, 6) is 0.553. The van der Waals surface area contributed by atoms with E-state index in [2.05, 4.69) is 26.3 Å². The summed E-state index contributed by atoms with van der Waals surface area (Å²) in [6.45, 7) is 1.12. The van der Waals surface area contributed by atoms with Crippen LogP contribution in [-0.2, 0) is 0 Å². The Labute approximate surface area is 214 Å². The van der Waals surface area contributed by atoms with Gasteiger partial charge in [-0.3, -0.25) is 4.79 Å². The Balaban J connectivity index is 1.47. The van der Waals surface area contributed by atoms with E-state index in [0.717, 1.165) is 21.5 Å². The van der Waals surface area contributed by atoms with Crippen molar-refractivity contribution in [2.24, 2.45) is 0 Å². The largest absolute Gasteiger partial charge is 0.370 e. The van der Waals surface area contributed by atoms with Gasteiger partial charge in [0.1, 0.15) is 5.82 Å². The first-order valence-corrected chi connectivity index (χ1v) is 12.0. The molecule has 0 aliphatic heterocycles. The van der Waals surface area contributed by atoms with Crippen molar-refractivity contribution < 1.29 is 4.79 Å². The molecule has 0 saturated heterocycles. The first-order valence-electron chi connectivity index (χ1n) is 10.1. The second-order valence-corrected chi connectivity index (χ2v) is 9.41. The van der Waals surface area contributed by atoms with E-state index < -0.39 is 0 Å². The topological polar surface area (TPSA) is 62.5 Å². The summed E-state index contributed by atoms with van der Waals surface area (Å²) in [7, 11) is 1.73. The molecule has 0 fully saturated rings. The van der Waals surface area contributed by atoms with Gasteiger partial charge in [0.2, 0.25) is 0 Å². The van der Waals surface area contributed by atoms with Gasteiger partial charge < -0.3 is 10.2 Å². The molecule has 2 aromatic carbocycles. The Morgan fingerprint density at radius 3 is 2.52 bits per heavy atom. The van der Waals surface area contributed by atoms with E-state index in [-0.39, 0.29) is 5.91 Å². The van der Waals surface area contributed by atoms with E-state index in [1.54, 1.807) is 40.9 Å². The zero-order valence-electron chi connectivity index (χ0n) is 17.5. The summed E-state index contributed by atoms with van der Waals surface area (Å²) in [5.41, 5.74) is 2.56. The van der Waals surface area contributed by atoms with Gasteiger partial charge >= 0.3 is 0 Å². The van der Waals surface area contributed by atoms with Crippen LogP contribution >= 0.6 is 50.7 Å². The second kappa shape index (κ2) is 10.3. The normalized spacial score (nSPS) is 11.1. The van der Waals surface area contributed by atoms with Crippen LogP contribution in [0.25, 0.3) is 16.9 Å². The molecule has 0 radical (unpaired) electrons. The molecule has 4 rings (SSSR count). The van der Waals surface area contributed by atoms with Crippen LogP contribution in [0.1, 0.15) is 16.8 Å². The molecular formula is C23H19BrCl3N5O. The third kappa shape index (κ3) is 5.11. The third-order valence-electron chi connectivity index (χ3n) is 5.08. The summed E-state index contributed by atoms with van der Waals surface area (Å²) >= 11 is 22.2. The zero-order valence-corrected chi connectivity index (χ0v) is 21.4. The number of halogens is 4. The molecule has 4 aromatic rings. The fourth-order valence-corrected chi connectivity index (χ4v) is 4.54. The van der Waals surface area contributed by atoms with Crippen LogP contribution in [0.5, 0.6) is 0 Å². The molecule has 0 aliphatic carbocycles. The second-order valence-electron chi connectivity index (χ2n) is 7.34. The molecule has 2 aromatic heterocycles. The number of hydrogen-bond donors (Lipinski definition) is 1. The molecule has 1 N–H and O–H groups in total. The molecule has 0 atom stereocenters. The Hall–Kier alpha value is -2.32. The predicted molar refractivity (Wildman–Crippen MR) is 138 cm³/mol. The van der Waals surface area contributed by atoms with Crippen molar-refractivity contribution in [2.45, 2.75) is 6.42 Å². The van der Waals surface area contributed by atoms with Crippen LogP contribution in [0.4, 0.5) is 5.82 Å². The van der Waals surface area contributed by atoms with Gasteiger partial charge in [-0.05, 0) is 40.5 Å². The molecule has 0 spiro atoms. The molecule has 33 heavy (non-hydrogen) atoms. The highest BCUT2D eigenvalue weighted by atomic mass is 79.9. The quantitative estimate of drug-likeness (QED) is 0.253. The van der Waals surface area contributed by atoms with E-state index in [9.17, 15) is 4.79 Å². The van der Waals surface area contributed by atoms with E-state index in [0.29, 0.717) is 45.8 Å². The summed E-state index contributed by atoms with van der Waals surface area (Å²) in [5, 5.41) is 9.09. The average molecular weight is 568 g/mol. The maximum atomic E-state index is 12.8. The third-order valence-corrected chi connectivity index (χ3v) is 6.60. The maximum absolute atomic E-state index is 12.8. The van der Waals surface area contributed by atoms with Crippen molar-refractivity contribution in [3.05, 3.63) is 79.8 Å². The lowest BCUT2D eigenvalue weighted by atomic mass is 10.1. The summed E-state index contributed by atoms with van der Waals surface area (Å²) < 4.78 is 2.50. The summed E-state index contributed by atoms with van der Waals surface area (Å²) in [6.07, 6.45) is 2.39. The predicted octanol–water partition coefficient (Wildman–Crippen LogP) is 6.69. The van der Waals surface area contributed by atoms with Gasteiger partial charge in [-0.15, -0.1) is 0 Å². The highest BCUT2D eigenvalue weighted by molar-refractivity contribution is 9.10. The fraction of sp³-hybridized carbons (Fsp3) is 0.174. The molecule has 6 nitrogen and oxygen atoms in total. The van der Waals surface area contributed by atoms with Crippen LogP contribution < -0.4 is 5.32 Å². The van der Waals surface area contributed by atoms with Crippen molar-refractivity contribution in [1.29, 1.82) is 0 Å². The van der Waals surface area contributed by atoms with E-state index in [1.807, 2.05) is 30.3 Å². The van der Waals surface area contributed by atoms with Crippen LogP contribution in [0, 0.1) is 0 Å². The van der Waals surface area contributed by atoms with Crippen molar-refractivity contribution in [2.75, 3.05) is 25.5 Å². The number of rotatable bonds is 7. The number of carbonyl (C=O) groups is 1. The van der Waals surface area contributed by atoms with Crippen molar-refractivity contribution in [3.8, 4) is 11.3 Å². The molecule has 0 unspecified atom stereocenters. The van der Waals surface area contributed by atoms with Crippen molar-refractivity contribution in [3.63, 3.8) is 0 Å². The molecule has 2 heterocycles. The highest BCUT2D eigenvalue weighted by Gasteiger charge is 2.18. The highest BCUT2D eigenvalue weighted by Crippen LogP contribution is 2.30. The number of benzene rings is 2. The van der Waals surface area contributed by atoms with Gasteiger partial charge in [0.25, 0.3) is 5.91 Å². The van der Waals surface area contributed by atoms with Gasteiger partial charge in [-0.25, -0.2) is 4.98 Å². The molecule has 0 aliphatic rings. The number of amides is 1. The van der Waals surface area contributed by atoms with Crippen molar-refractivity contribution in [1.82, 2.24) is 19.5 Å². The number of fused-ring (bicyclic) bond motifs is 1. The minimum absolute atomic E-state index is 0.214. The lowest BCUT2D eigenvalue weighted by Crippen LogP contribution is -2.29. The monoisotopic (exact) mass is 565 g/mol. The Morgan fingerprint density at radius 1 is 1.09 bits per heavy atom. The van der Waals surface area contributed by atoms with Gasteiger partial charge in [0, 0.05) is 36.8 Å². The maximum Gasteiger partial charge on any atom is 0.256 e. The van der Waals surface area contributed by atoms with Gasteiger partial charge in [-0.1, -0.05) is 59.1 Å². The fourth-order valence-electron chi connectivity index (χ4n) is 3.40. The minimum atomic E-state index is -0.214. The van der Waals surface area contributed by atoms with E-state index >= 15 is 0 Å². The molecule has 1 amide bonds. The Bertz CT molecular complexity index is 1310. The number of anilines is 1. The van der Waals surface area contributed by atoms with Crippen LogP contribution in [-0.4, -0.2) is 45.5 Å².